The van der Waals surface area contributed by atoms with Gasteiger partial charge in [-0.1, -0.05) is 5.92 Å². The summed E-state index contributed by atoms with van der Waals surface area (Å²) in [4.78, 5) is 14.1. The zero-order valence-electron chi connectivity index (χ0n) is 16.1. The maximum atomic E-state index is 13.7. The van der Waals surface area contributed by atoms with Gasteiger partial charge in [0.05, 0.1) is 30.3 Å². The number of nitrogens with zero attached hydrogens (tertiary/aromatic N) is 3. The van der Waals surface area contributed by atoms with E-state index in [1.165, 1.54) is 17.0 Å². The highest BCUT2D eigenvalue weighted by Crippen LogP contribution is 2.26. The Morgan fingerprint density at radius 1 is 1.21 bits per heavy atom. The smallest absolute Gasteiger partial charge is 0.238 e. The summed E-state index contributed by atoms with van der Waals surface area (Å²) in [5.41, 5.74) is -0.00126. The first-order valence-electron chi connectivity index (χ1n) is 9.82. The van der Waals surface area contributed by atoms with Crippen molar-refractivity contribution in [1.82, 2.24) is 10.2 Å². The van der Waals surface area contributed by atoms with Crippen molar-refractivity contribution in [2.75, 3.05) is 6.54 Å². The fourth-order valence-corrected chi connectivity index (χ4v) is 4.01. The Kier molecular flexibility index (Phi) is 6.70. The number of ether oxygens (including phenoxy) is 1. The van der Waals surface area contributed by atoms with Gasteiger partial charge in [0, 0.05) is 12.1 Å². The number of rotatable bonds is 5. The molecule has 1 saturated carbocycles. The van der Waals surface area contributed by atoms with Gasteiger partial charge in [-0.2, -0.15) is 10.5 Å². The molecule has 3 rings (SSSR count). The van der Waals surface area contributed by atoms with E-state index in [0.717, 1.165) is 25.7 Å². The summed E-state index contributed by atoms with van der Waals surface area (Å²) in [5, 5.41) is 21.3. The molecule has 150 valence electrons. The lowest BCUT2D eigenvalue weighted by Crippen LogP contribution is -2.47. The molecule has 1 amide bonds. The summed E-state index contributed by atoms with van der Waals surface area (Å²) >= 11 is 0. The van der Waals surface area contributed by atoms with Crippen molar-refractivity contribution in [3.05, 3.63) is 29.6 Å². The minimum absolute atomic E-state index is 0.00126. The number of amides is 1. The van der Waals surface area contributed by atoms with Crippen molar-refractivity contribution in [3.63, 3.8) is 0 Å². The van der Waals surface area contributed by atoms with Gasteiger partial charge in [-0.3, -0.25) is 4.79 Å². The molecule has 2 fully saturated rings. The number of nitrogens with one attached hydrogen (secondary N) is 1. The Morgan fingerprint density at radius 3 is 2.55 bits per heavy atom. The van der Waals surface area contributed by atoms with E-state index in [-0.39, 0.29) is 36.2 Å². The number of likely N-dealkylation sites (tertiary alicyclic amines) is 1. The number of nitriles is 2. The zero-order chi connectivity index (χ0) is 20.8. The second kappa shape index (κ2) is 9.41. The van der Waals surface area contributed by atoms with Crippen LogP contribution in [0, 0.1) is 40.8 Å². The normalized spacial score (nSPS) is 26.2. The average Bonchev–Trinajstić information content (AvgIpc) is 3.16. The van der Waals surface area contributed by atoms with E-state index < -0.39 is 11.9 Å². The molecular formula is C22H23FN4O2. The second-order valence-corrected chi connectivity index (χ2v) is 7.43. The lowest BCUT2D eigenvalue weighted by molar-refractivity contribution is -0.131. The summed E-state index contributed by atoms with van der Waals surface area (Å²) in [6.45, 7) is 0.160. The summed E-state index contributed by atoms with van der Waals surface area (Å²) in [5.74, 6) is 2.31. The Bertz CT molecular complexity index is 852. The molecule has 1 heterocycles. The predicted molar refractivity (Wildman–Crippen MR) is 104 cm³/mol. The highest BCUT2D eigenvalue weighted by molar-refractivity contribution is 5.80. The monoisotopic (exact) mass is 394 g/mol. The van der Waals surface area contributed by atoms with Crippen LogP contribution in [-0.2, 0) is 4.79 Å². The first-order chi connectivity index (χ1) is 14.0. The Balaban J connectivity index is 1.45. The van der Waals surface area contributed by atoms with Crippen LogP contribution >= 0.6 is 0 Å². The van der Waals surface area contributed by atoms with Crippen molar-refractivity contribution in [3.8, 4) is 30.2 Å². The van der Waals surface area contributed by atoms with Crippen LogP contribution in [0.3, 0.4) is 0 Å². The van der Waals surface area contributed by atoms with Crippen LogP contribution in [0.15, 0.2) is 18.2 Å². The van der Waals surface area contributed by atoms with Crippen LogP contribution in [0.1, 0.15) is 44.1 Å². The van der Waals surface area contributed by atoms with Gasteiger partial charge in [0.1, 0.15) is 23.7 Å². The average molecular weight is 394 g/mol. The topological polar surface area (TPSA) is 89.2 Å². The number of carbonyl (C=O) groups excluding carboxylic acids is 1. The molecule has 1 aliphatic heterocycles. The molecule has 1 saturated heterocycles. The molecule has 2 atom stereocenters. The Hall–Kier alpha value is -3.08. The van der Waals surface area contributed by atoms with Gasteiger partial charge in [-0.05, 0) is 50.7 Å². The maximum Gasteiger partial charge on any atom is 0.238 e. The standard InChI is InChI=1S/C22H23FN4O2/c1-2-17-6-7-18(13-25)27(17)22(28)14-26-16-4-9-19(10-5-16)29-20-8-3-15(12-24)21(23)11-20/h1,3,8,11,16-19,26H,4-7,9-10,14H2/t16-,17-,18-,19-/m0/s1. The molecule has 7 heteroatoms. The molecule has 0 radical (unpaired) electrons. The molecule has 29 heavy (non-hydrogen) atoms. The predicted octanol–water partition coefficient (Wildman–Crippen LogP) is 2.49. The molecule has 6 nitrogen and oxygen atoms in total. The minimum atomic E-state index is -0.582. The number of terminal acetylenes is 1. The van der Waals surface area contributed by atoms with Crippen LogP contribution in [-0.4, -0.2) is 41.6 Å². The van der Waals surface area contributed by atoms with Gasteiger partial charge in [-0.15, -0.1) is 6.42 Å². The molecule has 2 aliphatic rings. The van der Waals surface area contributed by atoms with Crippen molar-refractivity contribution in [2.45, 2.75) is 62.8 Å². The number of hydrogen-bond acceptors (Lipinski definition) is 5. The Morgan fingerprint density at radius 2 is 1.93 bits per heavy atom. The summed E-state index contributed by atoms with van der Waals surface area (Å²) < 4.78 is 19.5. The number of halogens is 1. The van der Waals surface area contributed by atoms with E-state index in [2.05, 4.69) is 17.3 Å². The van der Waals surface area contributed by atoms with Gasteiger partial charge in [0.2, 0.25) is 5.91 Å². The minimum Gasteiger partial charge on any atom is -0.490 e. The largest absolute Gasteiger partial charge is 0.490 e. The van der Waals surface area contributed by atoms with Crippen molar-refractivity contribution in [2.24, 2.45) is 0 Å². The second-order valence-electron chi connectivity index (χ2n) is 7.43. The Labute approximate surface area is 170 Å². The van der Waals surface area contributed by atoms with Gasteiger partial charge >= 0.3 is 0 Å². The van der Waals surface area contributed by atoms with E-state index in [1.807, 2.05) is 0 Å². The van der Waals surface area contributed by atoms with E-state index in [4.69, 9.17) is 16.4 Å². The van der Waals surface area contributed by atoms with Gasteiger partial charge in [0.25, 0.3) is 0 Å². The highest BCUT2D eigenvalue weighted by Gasteiger charge is 2.36. The van der Waals surface area contributed by atoms with Gasteiger partial charge < -0.3 is 15.0 Å². The molecule has 1 aliphatic carbocycles. The number of carbonyl (C=O) groups is 1. The summed E-state index contributed by atoms with van der Waals surface area (Å²) in [6, 6.07) is 7.65. The fraction of sp³-hybridized carbons (Fsp3) is 0.500. The van der Waals surface area contributed by atoms with E-state index >= 15 is 0 Å². The SMILES string of the molecule is C#C[C@H]1CC[C@@H](C#N)N1C(=O)CN[C@H]1CC[C@H](Oc2ccc(C#N)c(F)c2)CC1. The van der Waals surface area contributed by atoms with Gasteiger partial charge in [0.15, 0.2) is 0 Å². The van der Waals surface area contributed by atoms with Crippen LogP contribution in [0.4, 0.5) is 4.39 Å². The lowest BCUT2D eigenvalue weighted by atomic mass is 9.93. The van der Waals surface area contributed by atoms with E-state index in [0.29, 0.717) is 18.6 Å². The fourth-order valence-electron chi connectivity index (χ4n) is 4.01. The third-order valence-electron chi connectivity index (χ3n) is 5.59. The molecule has 1 aromatic rings. The number of benzene rings is 1. The zero-order valence-corrected chi connectivity index (χ0v) is 16.1. The van der Waals surface area contributed by atoms with Crippen molar-refractivity contribution < 1.29 is 13.9 Å². The molecular weight excluding hydrogens is 371 g/mol. The molecule has 0 bridgehead atoms. The first-order valence-corrected chi connectivity index (χ1v) is 9.82. The quantitative estimate of drug-likeness (QED) is 0.775. The van der Waals surface area contributed by atoms with Crippen LogP contribution in [0.25, 0.3) is 0 Å². The number of hydrogen-bond donors (Lipinski definition) is 1. The van der Waals surface area contributed by atoms with E-state index in [9.17, 15) is 14.4 Å². The molecule has 0 unspecified atom stereocenters. The van der Waals surface area contributed by atoms with Gasteiger partial charge in [-0.25, -0.2) is 4.39 Å². The third kappa shape index (κ3) is 4.86. The maximum absolute atomic E-state index is 13.7. The summed E-state index contributed by atoms with van der Waals surface area (Å²) in [6.07, 6.45) is 9.98. The summed E-state index contributed by atoms with van der Waals surface area (Å²) in [7, 11) is 0. The van der Waals surface area contributed by atoms with Crippen LogP contribution < -0.4 is 10.1 Å². The molecule has 1 aromatic carbocycles. The molecule has 1 N–H and O–H groups in total. The lowest BCUT2D eigenvalue weighted by Gasteiger charge is -2.30. The first kappa shape index (κ1) is 20.6. The van der Waals surface area contributed by atoms with E-state index in [1.54, 1.807) is 12.1 Å². The van der Waals surface area contributed by atoms with Crippen LogP contribution in [0.2, 0.25) is 0 Å². The highest BCUT2D eigenvalue weighted by atomic mass is 19.1. The molecule has 0 aromatic heterocycles. The third-order valence-corrected chi connectivity index (χ3v) is 5.59. The van der Waals surface area contributed by atoms with Crippen molar-refractivity contribution in [1.29, 1.82) is 10.5 Å². The van der Waals surface area contributed by atoms with Crippen LogP contribution in [0.5, 0.6) is 5.75 Å². The molecule has 0 spiro atoms. The van der Waals surface area contributed by atoms with Crippen molar-refractivity contribution >= 4 is 5.91 Å².